The van der Waals surface area contributed by atoms with E-state index in [0.717, 1.165) is 11.3 Å². The molecule has 1 atom stereocenters. The summed E-state index contributed by atoms with van der Waals surface area (Å²) in [5, 5.41) is 3.95. The van der Waals surface area contributed by atoms with Crippen LogP contribution in [0.3, 0.4) is 0 Å². The third-order valence-electron chi connectivity index (χ3n) is 4.82. The highest BCUT2D eigenvalue weighted by Crippen LogP contribution is 2.31. The zero-order chi connectivity index (χ0) is 20.4. The monoisotopic (exact) mass is 415 g/mol. The molecule has 29 heavy (non-hydrogen) atoms. The Balaban J connectivity index is 1.49. The van der Waals surface area contributed by atoms with Crippen LogP contribution in [0.15, 0.2) is 47.0 Å². The van der Waals surface area contributed by atoms with Gasteiger partial charge in [-0.15, -0.1) is 0 Å². The Labute approximate surface area is 172 Å². The number of carbonyl (C=O) groups is 1. The Bertz CT molecular complexity index is 1040. The molecule has 0 saturated carbocycles. The summed E-state index contributed by atoms with van der Waals surface area (Å²) in [6.07, 6.45) is 0.294. The molecule has 0 radical (unpaired) electrons. The molecule has 0 bridgehead atoms. The number of hydrogen-bond acceptors (Lipinski definition) is 5. The third kappa shape index (κ3) is 4.10. The van der Waals surface area contributed by atoms with E-state index in [-0.39, 0.29) is 16.8 Å². The summed E-state index contributed by atoms with van der Waals surface area (Å²) in [5.41, 5.74) is 1.51. The van der Waals surface area contributed by atoms with Crippen LogP contribution in [0.5, 0.6) is 5.75 Å². The maximum absolute atomic E-state index is 13.4. The van der Waals surface area contributed by atoms with E-state index in [1.54, 1.807) is 4.90 Å². The molecule has 0 N–H and O–H groups in total. The summed E-state index contributed by atoms with van der Waals surface area (Å²) in [7, 11) is 0. The minimum atomic E-state index is -0.511. The van der Waals surface area contributed by atoms with Crippen molar-refractivity contribution in [1.82, 2.24) is 15.0 Å². The number of likely N-dealkylation sites (tertiary alicyclic amines) is 1. The van der Waals surface area contributed by atoms with Crippen LogP contribution in [0, 0.1) is 5.82 Å². The highest BCUT2D eigenvalue weighted by atomic mass is 35.5. The van der Waals surface area contributed by atoms with E-state index >= 15 is 0 Å². The quantitative estimate of drug-likeness (QED) is 0.595. The van der Waals surface area contributed by atoms with Gasteiger partial charge in [0.05, 0.1) is 17.5 Å². The maximum Gasteiger partial charge on any atom is 0.232 e. The Hall–Kier alpha value is -2.93. The summed E-state index contributed by atoms with van der Waals surface area (Å²) in [6, 6.07) is 11.9. The number of amides is 1. The molecule has 1 aliphatic heterocycles. The molecule has 6 nitrogen and oxygen atoms in total. The summed E-state index contributed by atoms with van der Waals surface area (Å²) in [6.45, 7) is 3.42. The second-order valence-electron chi connectivity index (χ2n) is 6.80. The molecule has 0 aliphatic carbocycles. The molecular weight excluding hydrogens is 397 g/mol. The van der Waals surface area contributed by atoms with Crippen LogP contribution in [0.1, 0.15) is 30.7 Å². The first-order chi connectivity index (χ1) is 14.0. The molecule has 1 fully saturated rings. The standard InChI is InChI=1S/C21H19ClFN3O3/c1-2-28-18-6-4-3-5-14(18)11-26-12-15(10-19(26)27)21-24-20(25-29-21)13-7-8-17(23)16(22)9-13/h3-9,15H,2,10-12H2,1H3. The molecule has 3 aromatic rings. The van der Waals surface area contributed by atoms with E-state index in [1.165, 1.54) is 18.2 Å². The fourth-order valence-corrected chi connectivity index (χ4v) is 3.56. The third-order valence-corrected chi connectivity index (χ3v) is 5.11. The zero-order valence-corrected chi connectivity index (χ0v) is 16.5. The van der Waals surface area contributed by atoms with E-state index in [9.17, 15) is 9.18 Å². The van der Waals surface area contributed by atoms with Gasteiger partial charge >= 0.3 is 0 Å². The lowest BCUT2D eigenvalue weighted by molar-refractivity contribution is -0.128. The smallest absolute Gasteiger partial charge is 0.232 e. The van der Waals surface area contributed by atoms with Crippen molar-refractivity contribution in [1.29, 1.82) is 0 Å². The first kappa shape index (κ1) is 19.4. The van der Waals surface area contributed by atoms with Crippen LogP contribution in [-0.2, 0) is 11.3 Å². The highest BCUT2D eigenvalue weighted by Gasteiger charge is 2.34. The largest absolute Gasteiger partial charge is 0.494 e. The predicted molar refractivity (Wildman–Crippen MR) is 105 cm³/mol. The van der Waals surface area contributed by atoms with Crippen molar-refractivity contribution in [3.8, 4) is 17.1 Å². The van der Waals surface area contributed by atoms with Gasteiger partial charge in [0.15, 0.2) is 0 Å². The van der Waals surface area contributed by atoms with Crippen LogP contribution in [0.2, 0.25) is 5.02 Å². The van der Waals surface area contributed by atoms with Gasteiger partial charge in [-0.3, -0.25) is 4.79 Å². The fourth-order valence-electron chi connectivity index (χ4n) is 3.38. The van der Waals surface area contributed by atoms with Gasteiger partial charge < -0.3 is 14.2 Å². The highest BCUT2D eigenvalue weighted by molar-refractivity contribution is 6.31. The molecule has 4 rings (SSSR count). The van der Waals surface area contributed by atoms with E-state index in [0.29, 0.717) is 43.4 Å². The Kier molecular flexibility index (Phi) is 5.49. The van der Waals surface area contributed by atoms with Crippen molar-refractivity contribution in [2.75, 3.05) is 13.2 Å². The first-order valence-corrected chi connectivity index (χ1v) is 9.70. The molecule has 1 saturated heterocycles. The molecule has 150 valence electrons. The Morgan fingerprint density at radius 1 is 1.31 bits per heavy atom. The molecule has 1 aliphatic rings. The SMILES string of the molecule is CCOc1ccccc1CN1CC(c2nc(-c3ccc(F)c(Cl)c3)no2)CC1=O. The lowest BCUT2D eigenvalue weighted by Crippen LogP contribution is -2.24. The fraction of sp³-hybridized carbons (Fsp3) is 0.286. The van der Waals surface area contributed by atoms with Gasteiger partial charge in [-0.25, -0.2) is 4.39 Å². The summed E-state index contributed by atoms with van der Waals surface area (Å²) in [4.78, 5) is 18.7. The predicted octanol–water partition coefficient (Wildman–Crippen LogP) is 4.44. The van der Waals surface area contributed by atoms with Crippen LogP contribution in [0.25, 0.3) is 11.4 Å². The van der Waals surface area contributed by atoms with Crippen LogP contribution < -0.4 is 4.74 Å². The number of halogens is 2. The minimum absolute atomic E-state index is 0.0102. The summed E-state index contributed by atoms with van der Waals surface area (Å²) >= 11 is 5.83. The summed E-state index contributed by atoms with van der Waals surface area (Å²) in [5.74, 6) is 0.789. The van der Waals surface area contributed by atoms with Gasteiger partial charge in [0.25, 0.3) is 0 Å². The molecule has 8 heteroatoms. The van der Waals surface area contributed by atoms with Gasteiger partial charge in [0, 0.05) is 30.6 Å². The van der Waals surface area contributed by atoms with Crippen molar-refractivity contribution in [3.63, 3.8) is 0 Å². The van der Waals surface area contributed by atoms with Crippen molar-refractivity contribution in [3.05, 3.63) is 64.8 Å². The van der Waals surface area contributed by atoms with Gasteiger partial charge in [-0.1, -0.05) is 35.0 Å². The number of hydrogen-bond donors (Lipinski definition) is 0. The van der Waals surface area contributed by atoms with Gasteiger partial charge in [-0.05, 0) is 31.2 Å². The number of carbonyl (C=O) groups excluding carboxylic acids is 1. The number of aromatic nitrogens is 2. The summed E-state index contributed by atoms with van der Waals surface area (Å²) < 4.78 is 24.4. The number of rotatable bonds is 6. The lowest BCUT2D eigenvalue weighted by atomic mass is 10.1. The van der Waals surface area contributed by atoms with E-state index < -0.39 is 5.82 Å². The normalized spacial score (nSPS) is 16.4. The van der Waals surface area contributed by atoms with Crippen LogP contribution >= 0.6 is 11.6 Å². The molecular formula is C21H19ClFN3O3. The molecule has 0 spiro atoms. The van der Waals surface area contributed by atoms with E-state index in [4.69, 9.17) is 20.9 Å². The van der Waals surface area contributed by atoms with Crippen molar-refractivity contribution >= 4 is 17.5 Å². The van der Waals surface area contributed by atoms with Gasteiger partial charge in [0.1, 0.15) is 11.6 Å². The second-order valence-corrected chi connectivity index (χ2v) is 7.21. The van der Waals surface area contributed by atoms with Gasteiger partial charge in [0.2, 0.25) is 17.6 Å². The topological polar surface area (TPSA) is 68.5 Å². The molecule has 1 unspecified atom stereocenters. The minimum Gasteiger partial charge on any atom is -0.494 e. The van der Waals surface area contributed by atoms with Crippen molar-refractivity contribution in [2.24, 2.45) is 0 Å². The Morgan fingerprint density at radius 2 is 2.14 bits per heavy atom. The molecule has 2 aromatic carbocycles. The number of ether oxygens (including phenoxy) is 1. The van der Waals surface area contributed by atoms with Crippen LogP contribution in [0.4, 0.5) is 4.39 Å². The molecule has 2 heterocycles. The average molecular weight is 416 g/mol. The second kappa shape index (κ2) is 8.21. The number of nitrogens with zero attached hydrogens (tertiary/aromatic N) is 3. The lowest BCUT2D eigenvalue weighted by Gasteiger charge is -2.18. The maximum atomic E-state index is 13.4. The van der Waals surface area contributed by atoms with E-state index in [2.05, 4.69) is 10.1 Å². The zero-order valence-electron chi connectivity index (χ0n) is 15.8. The van der Waals surface area contributed by atoms with Crippen LogP contribution in [-0.4, -0.2) is 34.1 Å². The number of benzene rings is 2. The number of para-hydroxylation sites is 1. The first-order valence-electron chi connectivity index (χ1n) is 9.32. The Morgan fingerprint density at radius 3 is 2.93 bits per heavy atom. The van der Waals surface area contributed by atoms with Crippen molar-refractivity contribution < 1.29 is 18.4 Å². The average Bonchev–Trinajstić information content (AvgIpc) is 3.33. The van der Waals surface area contributed by atoms with Crippen molar-refractivity contribution in [2.45, 2.75) is 25.8 Å². The van der Waals surface area contributed by atoms with Gasteiger partial charge in [-0.2, -0.15) is 4.98 Å². The van der Waals surface area contributed by atoms with E-state index in [1.807, 2.05) is 31.2 Å². The molecule has 1 amide bonds. The molecule has 1 aromatic heterocycles.